The highest BCUT2D eigenvalue weighted by molar-refractivity contribution is 7.22. The molecule has 4 fully saturated rings. The molecule has 0 saturated heterocycles. The number of hydrogen-bond donors (Lipinski definition) is 5. The van der Waals surface area contributed by atoms with Crippen molar-refractivity contribution in [3.8, 4) is 11.1 Å². The quantitative estimate of drug-likeness (QED) is 0.0200. The number of unbranched alkanes of at least 4 members (excludes halogenated alkanes) is 2. The first-order valence-corrected chi connectivity index (χ1v) is 34.9. The third-order valence-corrected chi connectivity index (χ3v) is 21.3. The second-order valence-electron chi connectivity index (χ2n) is 28.9. The number of carbonyl (C=O) groups is 9. The molecule has 6 aliphatic rings. The van der Waals surface area contributed by atoms with Crippen molar-refractivity contribution in [3.05, 3.63) is 136 Å². The van der Waals surface area contributed by atoms with Crippen molar-refractivity contribution in [2.45, 2.75) is 162 Å². The zero-order chi connectivity index (χ0) is 69.7. The molecule has 3 aromatic carbocycles. The number of fused-ring (bicyclic) bond motifs is 2. The number of aromatic nitrogens is 4. The monoisotopic (exact) mass is 1360 g/mol. The number of thiazole rings is 1. The SMILES string of the molecule is Cc1c(-c2ccc(N3CCc4cccc(C(=O)Nc5nc6ccccc6s5)c4C3)nc2C(=O)O)cnn1CC12CC3(C)CC(C)(C1)CC(OCCN(C)C(=O)OCc1ccc(CC(=O)[C@H](CCCNC(N)=O)NC(=O)[C@@H](CC(=O)CCCCCN4C(=O)C=CC4=O)C(C)C)cc1)(C3)C2. The number of hydrogen-bond acceptors (Lipinski definition) is 16. The zero-order valence-electron chi connectivity index (χ0n) is 56.8. The Morgan fingerprint density at radius 1 is 0.827 bits per heavy atom. The fourth-order valence-corrected chi connectivity index (χ4v) is 17.6. The number of nitrogens with one attached hydrogen (secondary N) is 3. The number of rotatable bonds is 31. The molecule has 98 heavy (non-hydrogen) atoms. The number of urea groups is 1. The number of imide groups is 1. The lowest BCUT2D eigenvalue weighted by Crippen LogP contribution is -2.64. The van der Waals surface area contributed by atoms with Crippen LogP contribution in [-0.2, 0) is 66.0 Å². The molecule has 6 aromatic rings. The van der Waals surface area contributed by atoms with Crippen LogP contribution in [-0.4, -0.2) is 139 Å². The van der Waals surface area contributed by atoms with Gasteiger partial charge in [-0.2, -0.15) is 5.10 Å². The number of benzene rings is 3. The van der Waals surface area contributed by atoms with Crippen LogP contribution < -0.4 is 26.6 Å². The number of carboxylic acids is 1. The van der Waals surface area contributed by atoms with Gasteiger partial charge in [0.1, 0.15) is 18.2 Å². The van der Waals surface area contributed by atoms with Gasteiger partial charge in [-0.3, -0.25) is 43.7 Å². The van der Waals surface area contributed by atoms with Crippen LogP contribution in [0.3, 0.4) is 0 Å². The average Bonchev–Trinajstić information content (AvgIpc) is 0.704. The zero-order valence-corrected chi connectivity index (χ0v) is 57.6. The van der Waals surface area contributed by atoms with Crippen molar-refractivity contribution in [2.75, 3.05) is 50.1 Å². The minimum atomic E-state index is -1.15. The molecule has 2 aliphatic heterocycles. The Balaban J connectivity index is 0.664. The van der Waals surface area contributed by atoms with Gasteiger partial charge in [0, 0.05) is 106 Å². The molecule has 0 spiro atoms. The van der Waals surface area contributed by atoms with E-state index in [1.165, 1.54) is 33.3 Å². The number of carbonyl (C=O) groups excluding carboxylic acids is 8. The predicted molar refractivity (Wildman–Crippen MR) is 370 cm³/mol. The van der Waals surface area contributed by atoms with Crippen LogP contribution in [0.1, 0.15) is 160 Å². The van der Waals surface area contributed by atoms with Crippen molar-refractivity contribution in [1.29, 1.82) is 0 Å². The van der Waals surface area contributed by atoms with Gasteiger partial charge in [-0.25, -0.2) is 24.4 Å². The molecule has 0 radical (unpaired) electrons. The molecule has 7 amide bonds. The van der Waals surface area contributed by atoms with E-state index in [1.807, 2.05) is 85.0 Å². The number of amides is 7. The van der Waals surface area contributed by atoms with Crippen molar-refractivity contribution in [3.63, 3.8) is 0 Å². The van der Waals surface area contributed by atoms with Gasteiger partial charge >= 0.3 is 18.1 Å². The van der Waals surface area contributed by atoms with E-state index in [2.05, 4.69) is 34.8 Å². The van der Waals surface area contributed by atoms with E-state index in [1.54, 1.807) is 37.5 Å². The van der Waals surface area contributed by atoms with Crippen LogP contribution in [0.5, 0.6) is 0 Å². The number of anilines is 2. The molecule has 23 nitrogen and oxygen atoms in total. The average molecular weight is 1360 g/mol. The lowest BCUT2D eigenvalue weighted by Gasteiger charge is -2.69. The number of pyridine rings is 1. The maximum absolute atomic E-state index is 13.9. The Kier molecular flexibility index (Phi) is 21.1. The first-order chi connectivity index (χ1) is 46.8. The summed E-state index contributed by atoms with van der Waals surface area (Å²) in [5.74, 6) is -3.26. The smallest absolute Gasteiger partial charge is 0.409 e. The van der Waals surface area contributed by atoms with Crippen LogP contribution in [0.15, 0.2) is 97.2 Å². The predicted octanol–water partition coefficient (Wildman–Crippen LogP) is 10.5. The highest BCUT2D eigenvalue weighted by atomic mass is 32.1. The Hall–Kier alpha value is -9.16. The minimum absolute atomic E-state index is 0.00805. The first-order valence-electron chi connectivity index (χ1n) is 34.1. The summed E-state index contributed by atoms with van der Waals surface area (Å²) in [7, 11) is 1.69. The number of carboxylic acid groups (broad SMARTS) is 1. The van der Waals surface area contributed by atoms with Crippen molar-refractivity contribution in [2.24, 2.45) is 33.8 Å². The summed E-state index contributed by atoms with van der Waals surface area (Å²) >= 11 is 1.42. The Morgan fingerprint density at radius 2 is 1.56 bits per heavy atom. The molecule has 4 aliphatic carbocycles. The molecular formula is C74H89N11O12S. The van der Waals surface area contributed by atoms with Gasteiger partial charge in [-0.15, -0.1) is 0 Å². The van der Waals surface area contributed by atoms with E-state index in [-0.39, 0.29) is 103 Å². The van der Waals surface area contributed by atoms with Gasteiger partial charge in [0.05, 0.1) is 34.7 Å². The summed E-state index contributed by atoms with van der Waals surface area (Å²) in [5, 5.41) is 24.6. The summed E-state index contributed by atoms with van der Waals surface area (Å²) in [4.78, 5) is 131. The molecule has 4 atom stereocenters. The molecule has 6 N–H and O–H groups in total. The normalized spacial score (nSPS) is 21.3. The van der Waals surface area contributed by atoms with Crippen LogP contribution >= 0.6 is 11.3 Å². The van der Waals surface area contributed by atoms with E-state index in [0.29, 0.717) is 104 Å². The van der Waals surface area contributed by atoms with Gasteiger partial charge in [0.15, 0.2) is 16.6 Å². The number of aromatic carboxylic acids is 1. The highest BCUT2D eigenvalue weighted by Gasteiger charge is 2.66. The van der Waals surface area contributed by atoms with Gasteiger partial charge in [0.2, 0.25) is 5.91 Å². The van der Waals surface area contributed by atoms with Crippen molar-refractivity contribution >= 4 is 85.8 Å². The number of primary amides is 1. The van der Waals surface area contributed by atoms with Crippen molar-refractivity contribution in [1.82, 2.24) is 40.2 Å². The number of nitrogens with two attached hydrogens (primary N) is 1. The second-order valence-corrected chi connectivity index (χ2v) is 30.0. The fourth-order valence-electron chi connectivity index (χ4n) is 16.8. The molecule has 2 unspecified atom stereocenters. The summed E-state index contributed by atoms with van der Waals surface area (Å²) in [6.07, 6.45) is 12.6. The topological polar surface area (TPSA) is 308 Å². The van der Waals surface area contributed by atoms with Gasteiger partial charge in [-0.1, -0.05) is 94.0 Å². The molecule has 4 bridgehead atoms. The Labute approximate surface area is 574 Å². The van der Waals surface area contributed by atoms with Crippen LogP contribution in [0, 0.1) is 35.0 Å². The number of Topliss-reactive ketones (excluding diaryl/α,β-unsaturated/α-hetero) is 2. The number of para-hydroxylation sites is 1. The van der Waals surface area contributed by atoms with E-state index in [0.717, 1.165) is 65.6 Å². The second kappa shape index (κ2) is 29.5. The molecule has 3 aromatic heterocycles. The molecule has 5 heterocycles. The lowest BCUT2D eigenvalue weighted by molar-refractivity contribution is -0.248. The van der Waals surface area contributed by atoms with Gasteiger partial charge in [0.25, 0.3) is 17.7 Å². The third kappa shape index (κ3) is 16.3. The molecular weight excluding hydrogens is 1270 g/mol. The van der Waals surface area contributed by atoms with E-state index in [4.69, 9.17) is 25.3 Å². The van der Waals surface area contributed by atoms with Crippen LogP contribution in [0.4, 0.5) is 20.5 Å². The largest absolute Gasteiger partial charge is 0.476 e. The van der Waals surface area contributed by atoms with E-state index >= 15 is 0 Å². The van der Waals surface area contributed by atoms with Gasteiger partial charge < -0.3 is 40.7 Å². The summed E-state index contributed by atoms with van der Waals surface area (Å²) in [5.41, 5.74) is 11.3. The first kappa shape index (κ1) is 70.2. The summed E-state index contributed by atoms with van der Waals surface area (Å²) in [6, 6.07) is 22.7. The summed E-state index contributed by atoms with van der Waals surface area (Å²) < 4.78 is 15.8. The molecule has 12 rings (SSSR count). The third-order valence-electron chi connectivity index (χ3n) is 20.4. The van der Waals surface area contributed by atoms with Crippen LogP contribution in [0.2, 0.25) is 0 Å². The molecule has 24 heteroatoms. The number of likely N-dealkylation sites (N-methyl/N-ethyl adjacent to an activating group) is 1. The van der Waals surface area contributed by atoms with Gasteiger partial charge in [-0.05, 0) is 152 Å². The van der Waals surface area contributed by atoms with Crippen LogP contribution in [0.25, 0.3) is 21.3 Å². The standard InChI is InChI=1S/C74H89N11O12S/c1-46(2)54(35-51(86)15-8-7-11-30-84-62(88)26-27-63(84)89)66(91)78-57(18-13-29-76-68(75)94)59(87)34-48-20-22-49(23-21-48)38-96-70(95)82(6)32-33-97-74-42-71(4)39-72(5,43-74)41-73(40-71,44-74)45-85-47(3)55(36-77-85)52-24-25-61(80-64(52)67(92)93)83-31-28-50-14-12-16-53(56(50)37-83)65(90)81-69-79-58-17-9-10-19-60(58)98-69/h9-10,12,14,16-17,19-27,36,46,54,57H,7-8,11,13,15,18,28-35,37-45H2,1-6H3,(H,78,91)(H,92,93)(H3,75,76,94)(H,79,81,90)/t54-,57-,71?,72?,73?,74?/m0/s1. The lowest BCUT2D eigenvalue weighted by atomic mass is 9.39. The fraction of sp³-hybridized carbons (Fsp3) is 0.486. The number of ether oxygens (including phenoxy) is 2. The number of ketones is 2. The maximum Gasteiger partial charge on any atom is 0.409 e. The van der Waals surface area contributed by atoms with Crippen molar-refractivity contribution < 1.29 is 57.7 Å². The maximum atomic E-state index is 13.9. The highest BCUT2D eigenvalue weighted by Crippen LogP contribution is 2.72. The Bertz CT molecular complexity index is 4020. The Morgan fingerprint density at radius 3 is 2.28 bits per heavy atom. The summed E-state index contributed by atoms with van der Waals surface area (Å²) in [6.45, 7) is 13.1. The minimum Gasteiger partial charge on any atom is -0.476 e. The van der Waals surface area contributed by atoms with E-state index < -0.39 is 41.6 Å². The molecule has 4 saturated carbocycles. The molecule has 518 valence electrons. The number of nitrogens with zero attached hydrogens (tertiary/aromatic N) is 7. The van der Waals surface area contributed by atoms with E-state index in [9.17, 15) is 48.3 Å².